The number of sulfonamides is 1. The Morgan fingerprint density at radius 2 is 1.35 bits per heavy atom. The van der Waals surface area contributed by atoms with Gasteiger partial charge >= 0.3 is 0 Å². The van der Waals surface area contributed by atoms with Crippen molar-refractivity contribution >= 4 is 45.0 Å². The summed E-state index contributed by atoms with van der Waals surface area (Å²) in [5.74, 6) is -0.814. The highest BCUT2D eigenvalue weighted by atomic mass is 32.2. The molecule has 1 aliphatic rings. The van der Waals surface area contributed by atoms with Gasteiger partial charge in [-0.05, 0) is 71.4 Å². The fourth-order valence-electron chi connectivity index (χ4n) is 5.01. The number of nitrogens with one attached hydrogen (secondary N) is 2. The second-order valence-corrected chi connectivity index (χ2v) is 12.4. The molecule has 1 saturated heterocycles. The summed E-state index contributed by atoms with van der Waals surface area (Å²) in [6.45, 7) is 1.94. The van der Waals surface area contributed by atoms with Gasteiger partial charge in [0, 0.05) is 37.9 Å². The summed E-state index contributed by atoms with van der Waals surface area (Å²) in [5, 5.41) is 5.48. The van der Waals surface area contributed by atoms with Crippen LogP contribution in [0.25, 0.3) is 6.08 Å². The third-order valence-electron chi connectivity index (χ3n) is 7.15. The minimum Gasteiger partial charge on any atom is -0.332 e. The smallest absolute Gasteiger partial charge is 0.250 e. The van der Waals surface area contributed by atoms with Crippen LogP contribution in [0.5, 0.6) is 0 Å². The standard InChI is InChI=1S/C33H31FN4O3S2/c34-28-14-11-25(12-15-28)13-20-31(39)36-33(42)35-29-16-18-30(19-17-29)43(40,41)38-23-21-37(22-24-38)32(26-7-3-1-4-8-26)27-9-5-2-6-10-27/h1-20,32H,21-24H2,(H2,35,36,39,42). The Hall–Kier alpha value is -4.22. The third-order valence-corrected chi connectivity index (χ3v) is 9.27. The van der Waals surface area contributed by atoms with E-state index in [0.29, 0.717) is 37.4 Å². The van der Waals surface area contributed by atoms with Gasteiger partial charge in [0.1, 0.15) is 5.82 Å². The maximum atomic E-state index is 13.5. The van der Waals surface area contributed by atoms with Crippen molar-refractivity contribution in [2.75, 3.05) is 31.5 Å². The lowest BCUT2D eigenvalue weighted by Crippen LogP contribution is -2.49. The van der Waals surface area contributed by atoms with E-state index in [1.54, 1.807) is 30.3 Å². The van der Waals surface area contributed by atoms with Crippen molar-refractivity contribution < 1.29 is 17.6 Å². The quantitative estimate of drug-likeness (QED) is 0.203. The number of nitrogens with zero attached hydrogens (tertiary/aromatic N) is 2. The molecule has 0 saturated carbocycles. The van der Waals surface area contributed by atoms with Crippen LogP contribution < -0.4 is 10.6 Å². The lowest BCUT2D eigenvalue weighted by Gasteiger charge is -2.39. The Balaban J connectivity index is 1.17. The number of piperazine rings is 1. The lowest BCUT2D eigenvalue weighted by atomic mass is 9.96. The zero-order chi connectivity index (χ0) is 30.2. The van der Waals surface area contributed by atoms with E-state index in [0.717, 1.165) is 0 Å². The number of hydrogen-bond donors (Lipinski definition) is 2. The number of anilines is 1. The minimum absolute atomic E-state index is 0.0420. The predicted octanol–water partition coefficient (Wildman–Crippen LogP) is 5.45. The Labute approximate surface area is 256 Å². The van der Waals surface area contributed by atoms with Crippen LogP contribution in [0.1, 0.15) is 22.7 Å². The molecule has 1 amide bonds. The normalized spacial score (nSPS) is 14.6. The lowest BCUT2D eigenvalue weighted by molar-refractivity contribution is -0.115. The predicted molar refractivity (Wildman–Crippen MR) is 171 cm³/mol. The SMILES string of the molecule is O=C(C=Cc1ccc(F)cc1)NC(=S)Nc1ccc(S(=O)(=O)N2CCN(C(c3ccccc3)c3ccccc3)CC2)cc1. The molecule has 0 spiro atoms. The highest BCUT2D eigenvalue weighted by Crippen LogP contribution is 2.30. The van der Waals surface area contributed by atoms with Crippen LogP contribution in [0.4, 0.5) is 10.1 Å². The summed E-state index contributed by atoms with van der Waals surface area (Å²) in [7, 11) is -3.70. The van der Waals surface area contributed by atoms with Gasteiger partial charge in [-0.25, -0.2) is 12.8 Å². The summed E-state index contributed by atoms with van der Waals surface area (Å²) in [4.78, 5) is 14.7. The Kier molecular flexibility index (Phi) is 9.73. The van der Waals surface area contributed by atoms with Gasteiger partial charge in [-0.15, -0.1) is 0 Å². The van der Waals surface area contributed by atoms with E-state index in [2.05, 4.69) is 39.8 Å². The Bertz CT molecular complexity index is 1630. The highest BCUT2D eigenvalue weighted by molar-refractivity contribution is 7.89. The molecule has 0 bridgehead atoms. The largest absolute Gasteiger partial charge is 0.332 e. The van der Waals surface area contributed by atoms with Gasteiger partial charge in [-0.3, -0.25) is 15.0 Å². The average Bonchev–Trinajstić information content (AvgIpc) is 3.02. The molecule has 0 unspecified atom stereocenters. The van der Waals surface area contributed by atoms with Crippen LogP contribution in [0, 0.1) is 5.82 Å². The zero-order valence-corrected chi connectivity index (χ0v) is 24.9. The number of hydrogen-bond acceptors (Lipinski definition) is 5. The number of carbonyl (C=O) groups excluding carboxylic acids is 1. The molecular formula is C33H31FN4O3S2. The topological polar surface area (TPSA) is 81.8 Å². The van der Waals surface area contributed by atoms with E-state index in [-0.39, 0.29) is 21.9 Å². The van der Waals surface area contributed by atoms with Crippen LogP contribution >= 0.6 is 12.2 Å². The second-order valence-electron chi connectivity index (χ2n) is 10.0. The van der Waals surface area contributed by atoms with E-state index in [1.807, 2.05) is 36.4 Å². The van der Waals surface area contributed by atoms with Crippen molar-refractivity contribution in [3.05, 3.63) is 138 Å². The first-order valence-corrected chi connectivity index (χ1v) is 15.6. The van der Waals surface area contributed by atoms with Gasteiger partial charge in [0.2, 0.25) is 15.9 Å². The molecule has 220 valence electrons. The van der Waals surface area contributed by atoms with Gasteiger partial charge in [-0.2, -0.15) is 4.31 Å². The monoisotopic (exact) mass is 614 g/mol. The Morgan fingerprint density at radius 3 is 1.91 bits per heavy atom. The first-order valence-electron chi connectivity index (χ1n) is 13.8. The molecule has 10 heteroatoms. The molecule has 4 aromatic rings. The van der Waals surface area contributed by atoms with E-state index < -0.39 is 15.9 Å². The molecule has 0 atom stereocenters. The van der Waals surface area contributed by atoms with Crippen molar-refractivity contribution in [3.63, 3.8) is 0 Å². The fraction of sp³-hybridized carbons (Fsp3) is 0.152. The summed E-state index contributed by atoms with van der Waals surface area (Å²) >= 11 is 5.21. The molecule has 1 fully saturated rings. The second kappa shape index (κ2) is 13.8. The van der Waals surface area contributed by atoms with Crippen molar-refractivity contribution in [3.8, 4) is 0 Å². The fourth-order valence-corrected chi connectivity index (χ4v) is 6.65. The summed E-state index contributed by atoms with van der Waals surface area (Å²) in [6.07, 6.45) is 2.83. The summed E-state index contributed by atoms with van der Waals surface area (Å²) in [6, 6.07) is 32.6. The van der Waals surface area contributed by atoms with Gasteiger partial charge in [0.05, 0.1) is 10.9 Å². The molecule has 43 heavy (non-hydrogen) atoms. The first-order chi connectivity index (χ1) is 20.8. The number of thiocarbonyl (C=S) groups is 1. The van der Waals surface area contributed by atoms with Gasteiger partial charge < -0.3 is 5.32 Å². The van der Waals surface area contributed by atoms with Crippen LogP contribution in [0.15, 0.2) is 120 Å². The van der Waals surface area contributed by atoms with Gasteiger partial charge in [0.15, 0.2) is 5.11 Å². The van der Waals surface area contributed by atoms with Crippen LogP contribution in [0.2, 0.25) is 0 Å². The molecule has 0 radical (unpaired) electrons. The third kappa shape index (κ3) is 7.79. The molecule has 7 nitrogen and oxygen atoms in total. The molecule has 0 aromatic heterocycles. The number of halogens is 1. The summed E-state index contributed by atoms with van der Waals surface area (Å²) in [5.41, 5.74) is 3.54. The van der Waals surface area contributed by atoms with Crippen molar-refractivity contribution in [1.82, 2.24) is 14.5 Å². The van der Waals surface area contributed by atoms with E-state index >= 15 is 0 Å². The van der Waals surface area contributed by atoms with Gasteiger partial charge in [-0.1, -0.05) is 72.8 Å². The number of rotatable bonds is 8. The van der Waals surface area contributed by atoms with Gasteiger partial charge in [0.25, 0.3) is 0 Å². The minimum atomic E-state index is -3.70. The average molecular weight is 615 g/mol. The molecule has 5 rings (SSSR count). The van der Waals surface area contributed by atoms with E-state index in [9.17, 15) is 17.6 Å². The van der Waals surface area contributed by atoms with Crippen LogP contribution in [-0.4, -0.2) is 54.8 Å². The van der Waals surface area contributed by atoms with E-state index in [4.69, 9.17) is 12.2 Å². The molecule has 0 aliphatic carbocycles. The van der Waals surface area contributed by atoms with Crippen LogP contribution in [-0.2, 0) is 14.8 Å². The molecule has 1 aliphatic heterocycles. The highest BCUT2D eigenvalue weighted by Gasteiger charge is 2.32. The number of amides is 1. The molecule has 1 heterocycles. The maximum Gasteiger partial charge on any atom is 0.250 e. The Morgan fingerprint density at radius 1 is 0.791 bits per heavy atom. The zero-order valence-electron chi connectivity index (χ0n) is 23.3. The first kappa shape index (κ1) is 30.2. The van der Waals surface area contributed by atoms with Crippen molar-refractivity contribution in [2.45, 2.75) is 10.9 Å². The maximum absolute atomic E-state index is 13.5. The number of carbonyl (C=O) groups is 1. The van der Waals surface area contributed by atoms with E-state index in [1.165, 1.54) is 45.8 Å². The van der Waals surface area contributed by atoms with Crippen molar-refractivity contribution in [2.24, 2.45) is 0 Å². The molecule has 4 aromatic carbocycles. The number of benzene rings is 4. The van der Waals surface area contributed by atoms with Crippen molar-refractivity contribution in [1.29, 1.82) is 0 Å². The van der Waals surface area contributed by atoms with Crippen LogP contribution in [0.3, 0.4) is 0 Å². The summed E-state index contributed by atoms with van der Waals surface area (Å²) < 4.78 is 41.5. The molecular weight excluding hydrogens is 584 g/mol. The molecule has 2 N–H and O–H groups in total.